The molecular weight excluding hydrogens is 172 g/mol. The molecule has 2 N–H and O–H groups in total. The van der Waals surface area contributed by atoms with Crippen LogP contribution in [0.15, 0.2) is 18.2 Å². The zero-order valence-corrected chi connectivity index (χ0v) is 8.16. The first-order valence-corrected chi connectivity index (χ1v) is 5.05. The topological polar surface area (TPSA) is 49.8 Å². The number of fused-ring (bicyclic) bond motifs is 1. The van der Waals surface area contributed by atoms with Crippen molar-refractivity contribution >= 4 is 0 Å². The highest BCUT2D eigenvalue weighted by Gasteiger charge is 2.13. The molecule has 0 saturated heterocycles. The summed E-state index contributed by atoms with van der Waals surface area (Å²) < 4.78 is 0. The summed E-state index contributed by atoms with van der Waals surface area (Å²) in [6, 6.07) is 8.38. The summed E-state index contributed by atoms with van der Waals surface area (Å²) in [6.45, 7) is 0. The molecule has 2 rings (SSSR count). The van der Waals surface area contributed by atoms with Crippen LogP contribution >= 0.6 is 0 Å². The Morgan fingerprint density at radius 3 is 2.93 bits per heavy atom. The fourth-order valence-electron chi connectivity index (χ4n) is 2.04. The van der Waals surface area contributed by atoms with E-state index in [0.29, 0.717) is 6.42 Å². The van der Waals surface area contributed by atoms with E-state index in [9.17, 15) is 0 Å². The molecule has 0 bridgehead atoms. The van der Waals surface area contributed by atoms with Gasteiger partial charge in [-0.05, 0) is 36.0 Å². The lowest BCUT2D eigenvalue weighted by molar-refractivity contribution is 0.747. The summed E-state index contributed by atoms with van der Waals surface area (Å²) in [5.74, 6) is 0. The highest BCUT2D eigenvalue weighted by Crippen LogP contribution is 2.25. The van der Waals surface area contributed by atoms with Crippen LogP contribution < -0.4 is 5.73 Å². The van der Waals surface area contributed by atoms with Crippen LogP contribution in [0.25, 0.3) is 0 Å². The Kier molecular flexibility index (Phi) is 2.51. The first-order chi connectivity index (χ1) is 6.81. The van der Waals surface area contributed by atoms with Crippen LogP contribution in [-0.2, 0) is 12.8 Å². The lowest BCUT2D eigenvalue weighted by Gasteiger charge is -2.09. The van der Waals surface area contributed by atoms with Crippen molar-refractivity contribution in [3.8, 4) is 6.07 Å². The number of aryl methyl sites for hydroxylation is 2. The van der Waals surface area contributed by atoms with Gasteiger partial charge in [0.1, 0.15) is 0 Å². The molecule has 0 fully saturated rings. The Hall–Kier alpha value is -1.33. The lowest BCUT2D eigenvalue weighted by atomic mass is 10.0. The molecule has 0 amide bonds. The summed E-state index contributed by atoms with van der Waals surface area (Å²) >= 11 is 0. The number of benzene rings is 1. The van der Waals surface area contributed by atoms with Crippen molar-refractivity contribution in [2.45, 2.75) is 31.7 Å². The molecule has 14 heavy (non-hydrogen) atoms. The van der Waals surface area contributed by atoms with E-state index in [4.69, 9.17) is 11.0 Å². The third-order valence-corrected chi connectivity index (χ3v) is 2.86. The first kappa shape index (κ1) is 9.23. The molecule has 2 heteroatoms. The summed E-state index contributed by atoms with van der Waals surface area (Å²) in [6.07, 6.45) is 4.02. The van der Waals surface area contributed by atoms with Gasteiger partial charge in [0.2, 0.25) is 0 Å². The first-order valence-electron chi connectivity index (χ1n) is 5.05. The minimum Gasteiger partial charge on any atom is -0.323 e. The van der Waals surface area contributed by atoms with Gasteiger partial charge in [-0.25, -0.2) is 0 Å². The maximum Gasteiger partial charge on any atom is 0.0641 e. The van der Waals surface area contributed by atoms with Gasteiger partial charge in [0, 0.05) is 6.04 Å². The molecule has 72 valence electrons. The Bertz CT molecular complexity index is 376. The van der Waals surface area contributed by atoms with Crippen molar-refractivity contribution in [3.63, 3.8) is 0 Å². The largest absolute Gasteiger partial charge is 0.323 e. The van der Waals surface area contributed by atoms with Crippen LogP contribution in [0.4, 0.5) is 0 Å². The maximum absolute atomic E-state index is 8.56. The van der Waals surface area contributed by atoms with E-state index < -0.39 is 0 Å². The average molecular weight is 186 g/mol. The highest BCUT2D eigenvalue weighted by atomic mass is 14.6. The fraction of sp³-hybridized carbons (Fsp3) is 0.417. The summed E-state index contributed by atoms with van der Waals surface area (Å²) in [5.41, 5.74) is 9.86. The fourth-order valence-corrected chi connectivity index (χ4v) is 2.04. The van der Waals surface area contributed by atoms with E-state index in [0.717, 1.165) is 5.56 Å². The van der Waals surface area contributed by atoms with E-state index in [1.54, 1.807) is 0 Å². The van der Waals surface area contributed by atoms with Gasteiger partial charge in [-0.2, -0.15) is 5.26 Å². The van der Waals surface area contributed by atoms with E-state index in [1.165, 1.54) is 30.4 Å². The van der Waals surface area contributed by atoms with E-state index in [-0.39, 0.29) is 6.04 Å². The second-order valence-electron chi connectivity index (χ2n) is 3.85. The molecule has 0 aromatic heterocycles. The molecule has 1 aliphatic carbocycles. The molecule has 1 aliphatic rings. The Morgan fingerprint density at radius 1 is 1.36 bits per heavy atom. The molecule has 1 atom stereocenters. The van der Waals surface area contributed by atoms with Crippen molar-refractivity contribution in [3.05, 3.63) is 34.9 Å². The van der Waals surface area contributed by atoms with Crippen molar-refractivity contribution in [2.75, 3.05) is 0 Å². The number of nitrogens with zero attached hydrogens (tertiary/aromatic N) is 1. The second kappa shape index (κ2) is 3.81. The Balaban J connectivity index is 2.25. The number of rotatable bonds is 2. The summed E-state index contributed by atoms with van der Waals surface area (Å²) in [5, 5.41) is 8.56. The van der Waals surface area contributed by atoms with Gasteiger partial charge < -0.3 is 5.73 Å². The molecule has 0 saturated carbocycles. The SMILES string of the molecule is N#CCC(N)c1ccc2c(c1)CCC2. The van der Waals surface area contributed by atoms with E-state index in [2.05, 4.69) is 24.3 Å². The molecule has 0 spiro atoms. The molecule has 0 heterocycles. The van der Waals surface area contributed by atoms with Crippen LogP contribution in [0.1, 0.15) is 35.6 Å². The van der Waals surface area contributed by atoms with Gasteiger partial charge in [0.25, 0.3) is 0 Å². The highest BCUT2D eigenvalue weighted by molar-refractivity contribution is 5.36. The van der Waals surface area contributed by atoms with Gasteiger partial charge in [-0.3, -0.25) is 0 Å². The van der Waals surface area contributed by atoms with Crippen molar-refractivity contribution in [2.24, 2.45) is 5.73 Å². The maximum atomic E-state index is 8.56. The van der Waals surface area contributed by atoms with Crippen molar-refractivity contribution < 1.29 is 0 Å². The average Bonchev–Trinajstić information content (AvgIpc) is 2.64. The third-order valence-electron chi connectivity index (χ3n) is 2.86. The predicted octanol–water partition coefficient (Wildman–Crippen LogP) is 2.09. The zero-order chi connectivity index (χ0) is 9.97. The second-order valence-corrected chi connectivity index (χ2v) is 3.85. The molecule has 1 aromatic carbocycles. The third kappa shape index (κ3) is 1.64. The molecule has 1 unspecified atom stereocenters. The summed E-state index contributed by atoms with van der Waals surface area (Å²) in [4.78, 5) is 0. The standard InChI is InChI=1S/C12H14N2/c13-7-6-12(14)11-5-4-9-2-1-3-10(9)8-11/h4-5,8,12H,1-3,6,14H2. The number of nitriles is 1. The van der Waals surface area contributed by atoms with E-state index >= 15 is 0 Å². The molecule has 0 radical (unpaired) electrons. The number of nitrogens with two attached hydrogens (primary N) is 1. The monoisotopic (exact) mass is 186 g/mol. The van der Waals surface area contributed by atoms with Gasteiger partial charge in [-0.1, -0.05) is 18.2 Å². The van der Waals surface area contributed by atoms with Crippen LogP contribution in [0, 0.1) is 11.3 Å². The van der Waals surface area contributed by atoms with Gasteiger partial charge >= 0.3 is 0 Å². The van der Waals surface area contributed by atoms with Crippen LogP contribution in [0.2, 0.25) is 0 Å². The van der Waals surface area contributed by atoms with Gasteiger partial charge in [0.05, 0.1) is 12.5 Å². The van der Waals surface area contributed by atoms with Gasteiger partial charge in [0.15, 0.2) is 0 Å². The quantitative estimate of drug-likeness (QED) is 0.768. The van der Waals surface area contributed by atoms with Crippen molar-refractivity contribution in [1.82, 2.24) is 0 Å². The Labute approximate surface area is 84.3 Å². The molecule has 0 aliphatic heterocycles. The zero-order valence-electron chi connectivity index (χ0n) is 8.16. The predicted molar refractivity (Wildman–Crippen MR) is 55.6 cm³/mol. The van der Waals surface area contributed by atoms with Gasteiger partial charge in [-0.15, -0.1) is 0 Å². The molecular formula is C12H14N2. The summed E-state index contributed by atoms with van der Waals surface area (Å²) in [7, 11) is 0. The van der Waals surface area contributed by atoms with Crippen LogP contribution in [-0.4, -0.2) is 0 Å². The molecule has 2 nitrogen and oxygen atoms in total. The minimum atomic E-state index is -0.120. The minimum absolute atomic E-state index is 0.120. The number of hydrogen-bond donors (Lipinski definition) is 1. The van der Waals surface area contributed by atoms with E-state index in [1.807, 2.05) is 0 Å². The lowest BCUT2D eigenvalue weighted by Crippen LogP contribution is -2.09. The normalized spacial score (nSPS) is 16.0. The Morgan fingerprint density at radius 2 is 2.14 bits per heavy atom. The smallest absolute Gasteiger partial charge is 0.0641 e. The van der Waals surface area contributed by atoms with Crippen LogP contribution in [0.3, 0.4) is 0 Å². The van der Waals surface area contributed by atoms with Crippen LogP contribution in [0.5, 0.6) is 0 Å². The van der Waals surface area contributed by atoms with Crippen molar-refractivity contribution in [1.29, 1.82) is 5.26 Å². The molecule has 1 aromatic rings. The number of hydrogen-bond acceptors (Lipinski definition) is 2.